The van der Waals surface area contributed by atoms with Crippen LogP contribution in [0.15, 0.2) is 18.2 Å². The average Bonchev–Trinajstić information content (AvgIpc) is 2.49. The minimum Gasteiger partial charge on any atom is -0.490 e. The summed E-state index contributed by atoms with van der Waals surface area (Å²) in [7, 11) is 0. The Hall–Kier alpha value is -1.18. The summed E-state index contributed by atoms with van der Waals surface area (Å²) >= 11 is 0. The van der Waals surface area contributed by atoms with Gasteiger partial charge in [-0.3, -0.25) is 0 Å². The van der Waals surface area contributed by atoms with Crippen molar-refractivity contribution in [3.63, 3.8) is 0 Å². The van der Waals surface area contributed by atoms with Gasteiger partial charge in [0.05, 0.1) is 13.2 Å². The lowest BCUT2D eigenvalue weighted by molar-refractivity contribution is 0.259. The molecule has 0 atom stereocenters. The van der Waals surface area contributed by atoms with Crippen LogP contribution in [0.1, 0.15) is 64.9 Å². The Kier molecular flexibility index (Phi) is 8.93. The van der Waals surface area contributed by atoms with Crippen molar-refractivity contribution in [2.75, 3.05) is 13.2 Å². The van der Waals surface area contributed by atoms with Gasteiger partial charge in [-0.15, -0.1) is 0 Å². The molecule has 0 spiro atoms. The van der Waals surface area contributed by atoms with Gasteiger partial charge in [-0.25, -0.2) is 0 Å². The zero-order chi connectivity index (χ0) is 14.6. The van der Waals surface area contributed by atoms with Crippen LogP contribution in [0.4, 0.5) is 0 Å². The van der Waals surface area contributed by atoms with Crippen molar-refractivity contribution in [3.05, 3.63) is 30.2 Å². The summed E-state index contributed by atoms with van der Waals surface area (Å²) in [5.74, 6) is 1.76. The van der Waals surface area contributed by atoms with Gasteiger partial charge in [0.1, 0.15) is 0 Å². The van der Waals surface area contributed by atoms with Crippen LogP contribution in [0.25, 0.3) is 0 Å². The van der Waals surface area contributed by atoms with Gasteiger partial charge >= 0.3 is 0 Å². The van der Waals surface area contributed by atoms with Crippen LogP contribution >= 0.6 is 0 Å². The third kappa shape index (κ3) is 6.31. The fraction of sp³-hybridized carbons (Fsp3) is 0.611. The maximum absolute atomic E-state index is 5.89. The molecule has 113 valence electrons. The van der Waals surface area contributed by atoms with Crippen LogP contribution < -0.4 is 9.47 Å². The standard InChI is InChI=1S/C18H29O2/c1-4-7-9-13-19-17-12-11-16(6-3)15-18(17)20-14-10-8-5-2/h6,11-12,15H,4-5,7-10,13-14H2,1-3H3. The van der Waals surface area contributed by atoms with Gasteiger partial charge < -0.3 is 9.47 Å². The van der Waals surface area contributed by atoms with E-state index in [1.807, 2.05) is 13.0 Å². The number of benzene rings is 1. The molecule has 0 heterocycles. The van der Waals surface area contributed by atoms with Gasteiger partial charge in [-0.1, -0.05) is 52.5 Å². The van der Waals surface area contributed by atoms with Crippen molar-refractivity contribution in [2.24, 2.45) is 0 Å². The summed E-state index contributed by atoms with van der Waals surface area (Å²) in [5.41, 5.74) is 1.18. The van der Waals surface area contributed by atoms with Crippen LogP contribution in [0, 0.1) is 6.42 Å². The Balaban J connectivity index is 2.56. The van der Waals surface area contributed by atoms with E-state index < -0.39 is 0 Å². The second-order valence-corrected chi connectivity index (χ2v) is 5.11. The SMILES string of the molecule is C[CH]c1ccc(OCCCCC)c(OCCCCC)c1. The molecular formula is C18H29O2. The van der Waals surface area contributed by atoms with Gasteiger partial charge in [0.15, 0.2) is 11.5 Å². The van der Waals surface area contributed by atoms with E-state index in [1.54, 1.807) is 0 Å². The van der Waals surface area contributed by atoms with Gasteiger partial charge in [0.25, 0.3) is 0 Å². The highest BCUT2D eigenvalue weighted by atomic mass is 16.5. The third-order valence-corrected chi connectivity index (χ3v) is 3.31. The lowest BCUT2D eigenvalue weighted by Crippen LogP contribution is -2.03. The number of hydrogen-bond acceptors (Lipinski definition) is 2. The van der Waals surface area contributed by atoms with E-state index in [4.69, 9.17) is 9.47 Å². The smallest absolute Gasteiger partial charge is 0.161 e. The Morgan fingerprint density at radius 2 is 1.45 bits per heavy atom. The molecule has 0 bridgehead atoms. The van der Waals surface area contributed by atoms with Crippen molar-refractivity contribution in [1.29, 1.82) is 0 Å². The van der Waals surface area contributed by atoms with Crippen molar-refractivity contribution < 1.29 is 9.47 Å². The fourth-order valence-corrected chi connectivity index (χ4v) is 2.00. The lowest BCUT2D eigenvalue weighted by Gasteiger charge is -2.14. The molecule has 0 aliphatic heterocycles. The van der Waals surface area contributed by atoms with Crippen molar-refractivity contribution >= 4 is 0 Å². The molecule has 0 amide bonds. The molecule has 0 aliphatic carbocycles. The van der Waals surface area contributed by atoms with Crippen LogP contribution in [0.5, 0.6) is 11.5 Å². The minimum atomic E-state index is 0.770. The highest BCUT2D eigenvalue weighted by Gasteiger charge is 2.06. The van der Waals surface area contributed by atoms with Gasteiger partial charge in [-0.2, -0.15) is 0 Å². The van der Waals surface area contributed by atoms with E-state index in [0.29, 0.717) is 0 Å². The number of unbranched alkanes of at least 4 members (excludes halogenated alkanes) is 4. The topological polar surface area (TPSA) is 18.5 Å². The molecule has 2 heteroatoms. The van der Waals surface area contributed by atoms with Gasteiger partial charge in [-0.05, 0) is 37.0 Å². The molecule has 2 nitrogen and oxygen atoms in total. The van der Waals surface area contributed by atoms with E-state index in [9.17, 15) is 0 Å². The highest BCUT2D eigenvalue weighted by Crippen LogP contribution is 2.29. The monoisotopic (exact) mass is 277 g/mol. The lowest BCUT2D eigenvalue weighted by atomic mass is 10.1. The van der Waals surface area contributed by atoms with Crippen molar-refractivity contribution in [3.8, 4) is 11.5 Å². The fourth-order valence-electron chi connectivity index (χ4n) is 2.00. The Labute approximate surface area is 124 Å². The number of hydrogen-bond donors (Lipinski definition) is 0. The summed E-state index contributed by atoms with van der Waals surface area (Å²) in [5, 5.41) is 0. The number of rotatable bonds is 11. The Bertz CT molecular complexity index is 360. The predicted molar refractivity (Wildman–Crippen MR) is 85.6 cm³/mol. The molecule has 0 fully saturated rings. The van der Waals surface area contributed by atoms with Gasteiger partial charge in [0.2, 0.25) is 0 Å². The molecule has 0 aromatic heterocycles. The molecule has 1 rings (SSSR count). The second-order valence-electron chi connectivity index (χ2n) is 5.11. The predicted octanol–water partition coefficient (Wildman–Crippen LogP) is 5.40. The van der Waals surface area contributed by atoms with Crippen LogP contribution in [0.2, 0.25) is 0 Å². The molecule has 0 saturated heterocycles. The summed E-state index contributed by atoms with van der Waals surface area (Å²) in [4.78, 5) is 0. The maximum Gasteiger partial charge on any atom is 0.161 e. The van der Waals surface area contributed by atoms with Crippen molar-refractivity contribution in [2.45, 2.75) is 59.3 Å². The molecule has 1 radical (unpaired) electrons. The molecule has 0 saturated carbocycles. The summed E-state index contributed by atoms with van der Waals surface area (Å²) in [6.07, 6.45) is 9.15. The zero-order valence-electron chi connectivity index (χ0n) is 13.3. The highest BCUT2D eigenvalue weighted by molar-refractivity contribution is 5.44. The summed E-state index contributed by atoms with van der Waals surface area (Å²) in [6, 6.07) is 6.17. The van der Waals surface area contributed by atoms with Crippen LogP contribution in [0.3, 0.4) is 0 Å². The van der Waals surface area contributed by atoms with E-state index >= 15 is 0 Å². The van der Waals surface area contributed by atoms with Gasteiger partial charge in [0, 0.05) is 0 Å². The number of ether oxygens (including phenoxy) is 2. The average molecular weight is 277 g/mol. The van der Waals surface area contributed by atoms with Crippen molar-refractivity contribution in [1.82, 2.24) is 0 Å². The largest absolute Gasteiger partial charge is 0.490 e. The Morgan fingerprint density at radius 1 is 0.850 bits per heavy atom. The molecule has 1 aromatic rings. The first-order chi connectivity index (χ1) is 9.81. The first kappa shape index (κ1) is 16.9. The third-order valence-electron chi connectivity index (χ3n) is 3.31. The molecule has 0 unspecified atom stereocenters. The maximum atomic E-state index is 5.89. The van der Waals surface area contributed by atoms with E-state index in [0.717, 1.165) is 37.6 Å². The van der Waals surface area contributed by atoms with Crippen LogP contribution in [-0.4, -0.2) is 13.2 Å². The summed E-state index contributed by atoms with van der Waals surface area (Å²) in [6.45, 7) is 7.99. The molecule has 20 heavy (non-hydrogen) atoms. The quantitative estimate of drug-likeness (QED) is 0.504. The first-order valence-corrected chi connectivity index (χ1v) is 8.00. The zero-order valence-corrected chi connectivity index (χ0v) is 13.3. The minimum absolute atomic E-state index is 0.770. The first-order valence-electron chi connectivity index (χ1n) is 8.00. The second kappa shape index (κ2) is 10.6. The van der Waals surface area contributed by atoms with E-state index in [-0.39, 0.29) is 0 Å². The normalized spacial score (nSPS) is 10.6. The van der Waals surface area contributed by atoms with E-state index in [1.165, 1.54) is 31.2 Å². The molecule has 0 N–H and O–H groups in total. The van der Waals surface area contributed by atoms with Crippen LogP contribution in [-0.2, 0) is 0 Å². The molecule has 1 aromatic carbocycles. The van der Waals surface area contributed by atoms with E-state index in [2.05, 4.69) is 32.4 Å². The Morgan fingerprint density at radius 3 is 2.00 bits per heavy atom. The molecule has 0 aliphatic rings. The summed E-state index contributed by atoms with van der Waals surface area (Å²) < 4.78 is 11.8. The molecular weight excluding hydrogens is 248 g/mol.